The summed E-state index contributed by atoms with van der Waals surface area (Å²) in [6, 6.07) is -0.872. The maximum atomic E-state index is 12.6. The third-order valence-electron chi connectivity index (χ3n) is 3.84. The predicted molar refractivity (Wildman–Crippen MR) is 140 cm³/mol. The van der Waals surface area contributed by atoms with Gasteiger partial charge in [0.2, 0.25) is 11.9 Å². The van der Waals surface area contributed by atoms with Crippen LogP contribution in [0.4, 0.5) is 14.4 Å². The summed E-state index contributed by atoms with van der Waals surface area (Å²) >= 11 is 0. The molecule has 0 aromatic carbocycles. The molecule has 0 aliphatic carbocycles. The van der Waals surface area contributed by atoms with Gasteiger partial charge in [-0.2, -0.15) is 0 Å². The third-order valence-corrected chi connectivity index (χ3v) is 3.84. The van der Waals surface area contributed by atoms with E-state index in [0.717, 1.165) is 0 Å². The summed E-state index contributed by atoms with van der Waals surface area (Å²) in [4.78, 5) is 53.5. The van der Waals surface area contributed by atoms with E-state index in [1.807, 2.05) is 0 Å². The van der Waals surface area contributed by atoms with Crippen molar-refractivity contribution in [2.45, 2.75) is 98.0 Å². The standard InChI is InChI=1S/C24H46N6O7/c1-22(2,3)35-19(32)28-16(17(31)26-15-14-25-10)12-11-13-27-18(29-20(33)36-23(4,5)6)30-21(34)37-24(7,8)9/h16,25H,11-15H2,1-10H3,(H,26,31)(H,28,32)(H2,27,29,30,33,34)/t16-/m0/s1. The van der Waals surface area contributed by atoms with Crippen LogP contribution in [-0.2, 0) is 19.0 Å². The fraction of sp³-hybridized carbons (Fsp3) is 0.792. The first-order chi connectivity index (χ1) is 16.8. The molecule has 4 amide bonds. The maximum absolute atomic E-state index is 12.6. The van der Waals surface area contributed by atoms with Gasteiger partial charge in [0.15, 0.2) is 0 Å². The predicted octanol–water partition coefficient (Wildman–Crippen LogP) is 2.40. The molecule has 214 valence electrons. The Labute approximate surface area is 220 Å². The van der Waals surface area contributed by atoms with Gasteiger partial charge in [-0.25, -0.2) is 14.4 Å². The van der Waals surface area contributed by atoms with Crippen molar-refractivity contribution >= 4 is 30.1 Å². The highest BCUT2D eigenvalue weighted by molar-refractivity contribution is 6.01. The van der Waals surface area contributed by atoms with Crippen molar-refractivity contribution in [3.63, 3.8) is 0 Å². The molecule has 0 unspecified atom stereocenters. The van der Waals surface area contributed by atoms with Crippen LogP contribution in [0.2, 0.25) is 0 Å². The lowest BCUT2D eigenvalue weighted by Gasteiger charge is -2.23. The molecule has 0 saturated carbocycles. The maximum Gasteiger partial charge on any atom is 0.414 e. The van der Waals surface area contributed by atoms with Gasteiger partial charge in [-0.3, -0.25) is 20.4 Å². The molecule has 13 heteroatoms. The first-order valence-corrected chi connectivity index (χ1v) is 12.3. The number of nitrogens with zero attached hydrogens (tertiary/aromatic N) is 1. The average molecular weight is 531 g/mol. The van der Waals surface area contributed by atoms with Crippen molar-refractivity contribution < 1.29 is 33.4 Å². The van der Waals surface area contributed by atoms with Gasteiger partial charge in [-0.15, -0.1) is 0 Å². The molecule has 5 N–H and O–H groups in total. The molecule has 0 rings (SSSR count). The summed E-state index contributed by atoms with van der Waals surface area (Å²) in [5.74, 6) is -0.539. The molecule has 0 bridgehead atoms. The van der Waals surface area contributed by atoms with E-state index in [9.17, 15) is 19.2 Å². The zero-order valence-corrected chi connectivity index (χ0v) is 23.9. The van der Waals surface area contributed by atoms with Crippen LogP contribution in [0.25, 0.3) is 0 Å². The molecule has 0 spiro atoms. The van der Waals surface area contributed by atoms with Crippen LogP contribution in [-0.4, -0.2) is 79.7 Å². The van der Waals surface area contributed by atoms with Gasteiger partial charge in [-0.05, 0) is 82.2 Å². The average Bonchev–Trinajstić information content (AvgIpc) is 2.65. The highest BCUT2D eigenvalue weighted by Gasteiger charge is 2.24. The van der Waals surface area contributed by atoms with E-state index in [1.165, 1.54) is 0 Å². The van der Waals surface area contributed by atoms with E-state index in [0.29, 0.717) is 19.5 Å². The molecule has 0 heterocycles. The van der Waals surface area contributed by atoms with Gasteiger partial charge in [0.25, 0.3) is 0 Å². The Morgan fingerprint density at radius 1 is 0.730 bits per heavy atom. The minimum atomic E-state index is -0.872. The fourth-order valence-corrected chi connectivity index (χ4v) is 2.55. The molecular formula is C24H46N6O7. The van der Waals surface area contributed by atoms with Crippen molar-refractivity contribution in [3.05, 3.63) is 0 Å². The molecule has 0 fully saturated rings. The van der Waals surface area contributed by atoms with Gasteiger partial charge in [0.1, 0.15) is 22.8 Å². The van der Waals surface area contributed by atoms with Crippen molar-refractivity contribution in [2.75, 3.05) is 26.7 Å². The SMILES string of the molecule is CNCCNC(=O)[C@H](CCCN=C(NC(=O)OC(C)(C)C)NC(=O)OC(C)(C)C)NC(=O)OC(C)(C)C. The molecule has 0 aromatic rings. The smallest absolute Gasteiger partial charge is 0.414 e. The van der Waals surface area contributed by atoms with Crippen LogP contribution in [0.1, 0.15) is 75.2 Å². The monoisotopic (exact) mass is 530 g/mol. The molecule has 37 heavy (non-hydrogen) atoms. The Morgan fingerprint density at radius 3 is 1.62 bits per heavy atom. The van der Waals surface area contributed by atoms with Crippen LogP contribution in [0.15, 0.2) is 4.99 Å². The Bertz CT molecular complexity index is 763. The van der Waals surface area contributed by atoms with E-state index in [2.05, 4.69) is 31.6 Å². The first-order valence-electron chi connectivity index (χ1n) is 12.3. The second kappa shape index (κ2) is 15.2. The van der Waals surface area contributed by atoms with Crippen LogP contribution in [0, 0.1) is 0 Å². The molecule has 0 aromatic heterocycles. The van der Waals surface area contributed by atoms with E-state index in [-0.39, 0.29) is 24.8 Å². The number of carbonyl (C=O) groups is 4. The Hall–Kier alpha value is -3.09. The van der Waals surface area contributed by atoms with Crippen LogP contribution >= 0.6 is 0 Å². The minimum Gasteiger partial charge on any atom is -0.444 e. The quantitative estimate of drug-likeness (QED) is 0.131. The van der Waals surface area contributed by atoms with Crippen LogP contribution in [0.3, 0.4) is 0 Å². The molecule has 1 atom stereocenters. The number of guanidine groups is 1. The van der Waals surface area contributed by atoms with Crippen molar-refractivity contribution in [3.8, 4) is 0 Å². The lowest BCUT2D eigenvalue weighted by Crippen LogP contribution is -2.49. The van der Waals surface area contributed by atoms with Gasteiger partial charge >= 0.3 is 18.3 Å². The molecule has 0 aliphatic rings. The Balaban J connectivity index is 5.35. The highest BCUT2D eigenvalue weighted by Crippen LogP contribution is 2.09. The lowest BCUT2D eigenvalue weighted by atomic mass is 10.1. The second-order valence-corrected chi connectivity index (χ2v) is 11.2. The van der Waals surface area contributed by atoms with E-state index < -0.39 is 41.1 Å². The van der Waals surface area contributed by atoms with Gasteiger partial charge in [-0.1, -0.05) is 0 Å². The topological polar surface area (TPSA) is 168 Å². The summed E-state index contributed by atoms with van der Waals surface area (Å²) in [6.07, 6.45) is -1.79. The lowest BCUT2D eigenvalue weighted by molar-refractivity contribution is -0.123. The van der Waals surface area contributed by atoms with Crippen molar-refractivity contribution in [1.82, 2.24) is 26.6 Å². The number of nitrogens with one attached hydrogen (secondary N) is 5. The first kappa shape index (κ1) is 33.9. The number of hydrogen-bond acceptors (Lipinski definition) is 9. The van der Waals surface area contributed by atoms with E-state index in [4.69, 9.17) is 14.2 Å². The van der Waals surface area contributed by atoms with Gasteiger partial charge in [0.05, 0.1) is 0 Å². The number of likely N-dealkylation sites (N-methyl/N-ethyl adjacent to an activating group) is 1. The molecule has 0 aliphatic heterocycles. The summed E-state index contributed by atoms with van der Waals surface area (Å²) in [6.45, 7) is 16.4. The Kier molecular flexibility index (Phi) is 14.0. The number of amides is 4. The highest BCUT2D eigenvalue weighted by atomic mass is 16.6. The number of ether oxygens (including phenoxy) is 3. The fourth-order valence-electron chi connectivity index (χ4n) is 2.55. The minimum absolute atomic E-state index is 0.108. The molecule has 13 nitrogen and oxygen atoms in total. The third kappa shape index (κ3) is 19.7. The number of aliphatic imine (C=N–C) groups is 1. The summed E-state index contributed by atoms with van der Waals surface area (Å²) in [5.41, 5.74) is -2.25. The largest absolute Gasteiger partial charge is 0.444 e. The molecule has 0 saturated heterocycles. The number of rotatable bonds is 9. The molecular weight excluding hydrogens is 484 g/mol. The summed E-state index contributed by atoms with van der Waals surface area (Å²) in [5, 5.41) is 13.0. The normalized spacial score (nSPS) is 12.5. The zero-order chi connectivity index (χ0) is 28.9. The van der Waals surface area contributed by atoms with E-state index >= 15 is 0 Å². The molecule has 0 radical (unpaired) electrons. The summed E-state index contributed by atoms with van der Waals surface area (Å²) in [7, 11) is 1.76. The van der Waals surface area contributed by atoms with Gasteiger partial charge in [0, 0.05) is 19.6 Å². The van der Waals surface area contributed by atoms with Crippen molar-refractivity contribution in [2.24, 2.45) is 4.99 Å². The Morgan fingerprint density at radius 2 is 1.19 bits per heavy atom. The van der Waals surface area contributed by atoms with Crippen molar-refractivity contribution in [1.29, 1.82) is 0 Å². The van der Waals surface area contributed by atoms with Gasteiger partial charge < -0.3 is 30.2 Å². The zero-order valence-electron chi connectivity index (χ0n) is 23.9. The number of carbonyl (C=O) groups excluding carboxylic acids is 4. The van der Waals surface area contributed by atoms with E-state index in [1.54, 1.807) is 69.4 Å². The van der Waals surface area contributed by atoms with Crippen LogP contribution in [0.5, 0.6) is 0 Å². The summed E-state index contributed by atoms with van der Waals surface area (Å²) < 4.78 is 15.7. The number of alkyl carbamates (subject to hydrolysis) is 3. The second-order valence-electron chi connectivity index (χ2n) is 11.2. The van der Waals surface area contributed by atoms with Crippen LogP contribution < -0.4 is 26.6 Å². The number of hydrogen-bond donors (Lipinski definition) is 5.